The largest absolute Gasteiger partial charge is 0.481 e. The average Bonchev–Trinajstić information content (AvgIpc) is 3.55. The van der Waals surface area contributed by atoms with Gasteiger partial charge in [-0.3, -0.25) is 24.1 Å². The Kier molecular flexibility index (Phi) is 10.7. The van der Waals surface area contributed by atoms with E-state index < -0.39 is 5.54 Å². The number of ether oxygens (including phenoxy) is 1. The number of hydrogen-bond acceptors (Lipinski definition) is 8. The summed E-state index contributed by atoms with van der Waals surface area (Å²) in [6, 6.07) is 20.5. The van der Waals surface area contributed by atoms with Crippen LogP contribution >= 0.6 is 23.2 Å². The van der Waals surface area contributed by atoms with Crippen LogP contribution in [0.25, 0.3) is 39.2 Å². The van der Waals surface area contributed by atoms with Gasteiger partial charge in [0.15, 0.2) is 0 Å². The van der Waals surface area contributed by atoms with Crippen molar-refractivity contribution in [2.24, 2.45) is 0 Å². The highest BCUT2D eigenvalue weighted by molar-refractivity contribution is 6.39. The number of fused-ring (bicyclic) bond motifs is 1. The van der Waals surface area contributed by atoms with Crippen LogP contribution in [0.1, 0.15) is 37.9 Å². The van der Waals surface area contributed by atoms with Crippen molar-refractivity contribution in [2.45, 2.75) is 51.4 Å². The van der Waals surface area contributed by atoms with Gasteiger partial charge in [-0.1, -0.05) is 65.7 Å². The lowest BCUT2D eigenvalue weighted by Gasteiger charge is -2.24. The molecule has 1 unspecified atom stereocenters. The van der Waals surface area contributed by atoms with Gasteiger partial charge in [0.25, 0.3) is 5.56 Å². The molecule has 0 spiro atoms. The minimum absolute atomic E-state index is 0.0882. The van der Waals surface area contributed by atoms with Gasteiger partial charge in [-0.25, -0.2) is 9.97 Å². The highest BCUT2D eigenvalue weighted by Gasteiger charge is 2.26. The molecule has 1 aliphatic rings. The summed E-state index contributed by atoms with van der Waals surface area (Å²) < 4.78 is 7.11. The number of halogens is 2. The number of pyridine rings is 2. The first-order chi connectivity index (χ1) is 24.5. The molecular formula is C38H39Cl2N7O4. The third-order valence-electron chi connectivity index (χ3n) is 9.02. The van der Waals surface area contributed by atoms with Crippen LogP contribution in [-0.2, 0) is 22.7 Å². The van der Waals surface area contributed by atoms with E-state index in [1.807, 2.05) is 60.7 Å². The third-order valence-corrected chi connectivity index (χ3v) is 9.84. The van der Waals surface area contributed by atoms with Crippen molar-refractivity contribution >= 4 is 40.7 Å². The van der Waals surface area contributed by atoms with Gasteiger partial charge in [-0.05, 0) is 44.0 Å². The lowest BCUT2D eigenvalue weighted by Crippen LogP contribution is -2.51. The molecule has 0 saturated carbocycles. The fourth-order valence-corrected chi connectivity index (χ4v) is 6.82. The van der Waals surface area contributed by atoms with Gasteiger partial charge in [-0.2, -0.15) is 0 Å². The molecule has 51 heavy (non-hydrogen) atoms. The molecular weight excluding hydrogens is 689 g/mol. The van der Waals surface area contributed by atoms with Crippen molar-refractivity contribution in [2.75, 3.05) is 20.7 Å². The van der Waals surface area contributed by atoms with E-state index in [0.29, 0.717) is 52.5 Å². The number of carbonyl (C=O) groups excluding carboxylic acids is 2. The van der Waals surface area contributed by atoms with Gasteiger partial charge in [0, 0.05) is 79.2 Å². The summed E-state index contributed by atoms with van der Waals surface area (Å²) in [5.74, 6) is 0.397. The van der Waals surface area contributed by atoms with Crippen LogP contribution in [0.15, 0.2) is 77.7 Å². The predicted molar refractivity (Wildman–Crippen MR) is 200 cm³/mol. The molecule has 13 heteroatoms. The van der Waals surface area contributed by atoms with Gasteiger partial charge >= 0.3 is 0 Å². The Morgan fingerprint density at radius 2 is 1.67 bits per heavy atom. The van der Waals surface area contributed by atoms with Gasteiger partial charge < -0.3 is 20.7 Å². The number of methoxy groups -OCH3 is 1. The van der Waals surface area contributed by atoms with Gasteiger partial charge in [-0.15, -0.1) is 0 Å². The molecule has 1 atom stereocenters. The maximum atomic E-state index is 13.0. The minimum atomic E-state index is -0.851. The Balaban J connectivity index is 1.27. The highest BCUT2D eigenvalue weighted by Crippen LogP contribution is 2.42. The number of carbonyl (C=O) groups is 2. The van der Waals surface area contributed by atoms with Gasteiger partial charge in [0.05, 0.1) is 34.1 Å². The zero-order valence-electron chi connectivity index (χ0n) is 28.8. The van der Waals surface area contributed by atoms with E-state index in [-0.39, 0.29) is 30.0 Å². The van der Waals surface area contributed by atoms with Crippen molar-refractivity contribution in [3.63, 3.8) is 0 Å². The smallest absolute Gasteiger partial charge is 0.258 e. The second-order valence-electron chi connectivity index (χ2n) is 12.9. The highest BCUT2D eigenvalue weighted by atomic mass is 35.5. The molecule has 0 bridgehead atoms. The van der Waals surface area contributed by atoms with E-state index in [4.69, 9.17) is 37.9 Å². The number of nitrogens with one attached hydrogen (secondary N) is 4. The molecule has 1 fully saturated rings. The Labute approximate surface area is 305 Å². The zero-order valence-corrected chi connectivity index (χ0v) is 30.3. The van der Waals surface area contributed by atoms with Crippen LogP contribution in [-0.4, -0.2) is 58.5 Å². The van der Waals surface area contributed by atoms with Crippen molar-refractivity contribution in [3.8, 4) is 39.4 Å². The van der Waals surface area contributed by atoms with Crippen LogP contribution in [0.3, 0.4) is 0 Å². The molecule has 2 aromatic carbocycles. The number of nitrogens with zero attached hydrogens (tertiary/aromatic N) is 3. The number of benzene rings is 2. The molecule has 1 aliphatic heterocycles. The standard InChI is InChI=1S/C38H39Cl2N7O4/c1-38(2,37(50)41-3)43-21-25-18-33(49)47-16-15-22(17-31(47)44-25)26-7-5-8-27(34(26)39)28-9-6-10-29(35(28)40)30-13-11-23(36(46-30)51-4)19-42-20-24-12-14-32(48)45-24/h5-11,13,15-18,24,42-43H,12,14,19-21H2,1-4H3,(H,41,50)(H,45,48). The Morgan fingerprint density at radius 3 is 2.35 bits per heavy atom. The molecule has 4 N–H and O–H groups in total. The molecule has 4 heterocycles. The lowest BCUT2D eigenvalue weighted by atomic mass is 9.97. The van der Waals surface area contributed by atoms with Crippen LogP contribution in [0, 0.1) is 0 Å². The maximum absolute atomic E-state index is 13.0. The van der Waals surface area contributed by atoms with E-state index in [2.05, 4.69) is 21.3 Å². The van der Waals surface area contributed by atoms with Crippen LogP contribution < -0.4 is 31.6 Å². The normalized spacial score (nSPS) is 14.5. The number of likely N-dealkylation sites (N-methyl/N-ethyl adjacent to an activating group) is 1. The van der Waals surface area contributed by atoms with Crippen molar-refractivity contribution in [1.29, 1.82) is 0 Å². The first kappa shape index (κ1) is 36.0. The third kappa shape index (κ3) is 7.77. The zero-order chi connectivity index (χ0) is 36.3. The van der Waals surface area contributed by atoms with E-state index in [0.717, 1.165) is 39.8 Å². The average molecular weight is 729 g/mol. The Bertz CT molecular complexity index is 2190. The maximum Gasteiger partial charge on any atom is 0.258 e. The summed E-state index contributed by atoms with van der Waals surface area (Å²) >= 11 is 14.2. The van der Waals surface area contributed by atoms with Crippen molar-refractivity contribution < 1.29 is 14.3 Å². The van der Waals surface area contributed by atoms with Crippen molar-refractivity contribution in [3.05, 3.63) is 105 Å². The second-order valence-corrected chi connectivity index (χ2v) is 13.7. The van der Waals surface area contributed by atoms with E-state index in [9.17, 15) is 14.4 Å². The topological polar surface area (TPSA) is 139 Å². The fraction of sp³-hybridized carbons (Fsp3) is 0.289. The molecule has 0 radical (unpaired) electrons. The Hall–Kier alpha value is -4.81. The molecule has 1 saturated heterocycles. The van der Waals surface area contributed by atoms with E-state index in [1.165, 1.54) is 10.5 Å². The SMILES string of the molecule is CNC(=O)C(C)(C)NCc1cc(=O)n2ccc(-c3cccc(-c4cccc(-c5ccc(CNCC6CCC(=O)N6)c(OC)n5)c4Cl)c3Cl)cc2n1. The summed E-state index contributed by atoms with van der Waals surface area (Å²) in [5.41, 5.74) is 5.08. The number of amides is 2. The summed E-state index contributed by atoms with van der Waals surface area (Å²) in [7, 11) is 3.16. The second kappa shape index (κ2) is 15.2. The predicted octanol–water partition coefficient (Wildman–Crippen LogP) is 5.39. The first-order valence-corrected chi connectivity index (χ1v) is 17.4. The Morgan fingerprint density at radius 1 is 0.961 bits per heavy atom. The molecule has 11 nitrogen and oxygen atoms in total. The molecule has 5 aromatic rings. The van der Waals surface area contributed by atoms with Gasteiger partial charge in [0.1, 0.15) is 5.65 Å². The molecule has 0 aliphatic carbocycles. The monoisotopic (exact) mass is 727 g/mol. The van der Waals surface area contributed by atoms with E-state index >= 15 is 0 Å². The van der Waals surface area contributed by atoms with E-state index in [1.54, 1.807) is 34.2 Å². The lowest BCUT2D eigenvalue weighted by molar-refractivity contribution is -0.126. The molecule has 3 aromatic heterocycles. The van der Waals surface area contributed by atoms with Crippen LogP contribution in [0.5, 0.6) is 5.88 Å². The molecule has 2 amide bonds. The van der Waals surface area contributed by atoms with Crippen molar-refractivity contribution in [1.82, 2.24) is 35.6 Å². The summed E-state index contributed by atoms with van der Waals surface area (Å²) in [4.78, 5) is 46.2. The van der Waals surface area contributed by atoms with Crippen LogP contribution in [0.4, 0.5) is 0 Å². The fourth-order valence-electron chi connectivity index (χ4n) is 6.16. The number of rotatable bonds is 12. The van der Waals surface area contributed by atoms with Crippen LogP contribution in [0.2, 0.25) is 10.0 Å². The number of aromatic nitrogens is 3. The summed E-state index contributed by atoms with van der Waals surface area (Å²) in [6.07, 6.45) is 3.06. The molecule has 264 valence electrons. The van der Waals surface area contributed by atoms with Gasteiger partial charge in [0.2, 0.25) is 17.7 Å². The summed E-state index contributed by atoms with van der Waals surface area (Å²) in [6.45, 7) is 4.95. The quantitative estimate of drug-likeness (QED) is 0.134. The number of hydrogen-bond donors (Lipinski definition) is 4. The first-order valence-electron chi connectivity index (χ1n) is 16.6. The molecule has 6 rings (SSSR count). The minimum Gasteiger partial charge on any atom is -0.481 e. The summed E-state index contributed by atoms with van der Waals surface area (Å²) in [5, 5.41) is 13.1.